The summed E-state index contributed by atoms with van der Waals surface area (Å²) in [6.45, 7) is 1.83. The Hall–Kier alpha value is -2.50. The maximum atomic E-state index is 13.2. The Labute approximate surface area is 124 Å². The van der Waals surface area contributed by atoms with Crippen LogP contribution in [0.4, 0.5) is 13.2 Å². The number of ether oxygens (including phenoxy) is 1. The molecule has 0 spiro atoms. The quantitative estimate of drug-likeness (QED) is 0.765. The van der Waals surface area contributed by atoms with Gasteiger partial charge >= 0.3 is 6.18 Å². The van der Waals surface area contributed by atoms with Gasteiger partial charge in [0.05, 0.1) is 23.2 Å². The molecule has 0 unspecified atom stereocenters. The highest BCUT2D eigenvalue weighted by molar-refractivity contribution is 5.91. The van der Waals surface area contributed by atoms with Crippen molar-refractivity contribution in [3.8, 4) is 16.9 Å². The van der Waals surface area contributed by atoms with E-state index in [4.69, 9.17) is 4.74 Å². The molecule has 0 fully saturated rings. The number of alkyl halides is 3. The van der Waals surface area contributed by atoms with Gasteiger partial charge in [0.25, 0.3) is 0 Å². The Morgan fingerprint density at radius 2 is 2.00 bits per heavy atom. The van der Waals surface area contributed by atoms with Crippen LogP contribution in [-0.2, 0) is 6.18 Å². The fourth-order valence-electron chi connectivity index (χ4n) is 2.40. The standard InChI is InChI=1S/C16H13F3N2O/c1-2-22-14-4-3-10(9-12(14)16(17,18)19)11-5-7-20-13-6-8-21-15(11)13/h3-9,21H,2H2,1H3. The number of pyridine rings is 1. The third-order valence-corrected chi connectivity index (χ3v) is 3.34. The minimum Gasteiger partial charge on any atom is -0.493 e. The third-order valence-electron chi connectivity index (χ3n) is 3.34. The lowest BCUT2D eigenvalue weighted by Crippen LogP contribution is -2.09. The Morgan fingerprint density at radius 1 is 1.18 bits per heavy atom. The van der Waals surface area contributed by atoms with Crippen molar-refractivity contribution in [1.82, 2.24) is 9.97 Å². The molecule has 0 aliphatic carbocycles. The summed E-state index contributed by atoms with van der Waals surface area (Å²) < 4.78 is 44.8. The first-order valence-electron chi connectivity index (χ1n) is 6.77. The molecule has 0 radical (unpaired) electrons. The zero-order chi connectivity index (χ0) is 15.7. The molecule has 2 aromatic heterocycles. The first kappa shape index (κ1) is 14.4. The van der Waals surface area contributed by atoms with E-state index in [0.29, 0.717) is 22.2 Å². The number of fused-ring (bicyclic) bond motifs is 1. The van der Waals surface area contributed by atoms with Gasteiger partial charge in [-0.05, 0) is 36.8 Å². The maximum Gasteiger partial charge on any atom is 0.419 e. The highest BCUT2D eigenvalue weighted by Crippen LogP contribution is 2.39. The van der Waals surface area contributed by atoms with Gasteiger partial charge in [-0.25, -0.2) is 0 Å². The van der Waals surface area contributed by atoms with E-state index in [2.05, 4.69) is 9.97 Å². The highest BCUT2D eigenvalue weighted by Gasteiger charge is 2.34. The number of halogens is 3. The molecule has 0 saturated carbocycles. The van der Waals surface area contributed by atoms with E-state index >= 15 is 0 Å². The fraction of sp³-hybridized carbons (Fsp3) is 0.188. The first-order valence-corrected chi connectivity index (χ1v) is 6.77. The lowest BCUT2D eigenvalue weighted by atomic mass is 10.0. The largest absolute Gasteiger partial charge is 0.493 e. The number of aromatic amines is 1. The van der Waals surface area contributed by atoms with Crippen LogP contribution in [0.5, 0.6) is 5.75 Å². The molecular weight excluding hydrogens is 293 g/mol. The molecule has 6 heteroatoms. The molecule has 0 saturated heterocycles. The van der Waals surface area contributed by atoms with Gasteiger partial charge in [0, 0.05) is 18.0 Å². The molecule has 3 aromatic rings. The van der Waals surface area contributed by atoms with Crippen molar-refractivity contribution in [1.29, 1.82) is 0 Å². The smallest absolute Gasteiger partial charge is 0.419 e. The van der Waals surface area contributed by atoms with Crippen molar-refractivity contribution >= 4 is 11.0 Å². The summed E-state index contributed by atoms with van der Waals surface area (Å²) in [5.74, 6) is -0.157. The summed E-state index contributed by atoms with van der Waals surface area (Å²) in [7, 11) is 0. The van der Waals surface area contributed by atoms with E-state index in [1.54, 1.807) is 37.5 Å². The number of hydrogen-bond acceptors (Lipinski definition) is 2. The van der Waals surface area contributed by atoms with Crippen LogP contribution in [0.3, 0.4) is 0 Å². The lowest BCUT2D eigenvalue weighted by Gasteiger charge is -2.15. The molecule has 0 atom stereocenters. The van der Waals surface area contributed by atoms with E-state index in [1.165, 1.54) is 6.07 Å². The molecule has 3 rings (SSSR count). The summed E-state index contributed by atoms with van der Waals surface area (Å²) in [6.07, 6.45) is -1.18. The second kappa shape index (κ2) is 5.36. The van der Waals surface area contributed by atoms with Crippen molar-refractivity contribution in [3.05, 3.63) is 48.3 Å². The van der Waals surface area contributed by atoms with Crippen molar-refractivity contribution in [2.45, 2.75) is 13.1 Å². The molecule has 1 N–H and O–H groups in total. The topological polar surface area (TPSA) is 37.9 Å². The zero-order valence-corrected chi connectivity index (χ0v) is 11.7. The van der Waals surface area contributed by atoms with E-state index in [-0.39, 0.29) is 12.4 Å². The Kier molecular flexibility index (Phi) is 3.52. The number of nitrogens with one attached hydrogen (secondary N) is 1. The summed E-state index contributed by atoms with van der Waals surface area (Å²) in [6, 6.07) is 7.56. The third kappa shape index (κ3) is 2.52. The average molecular weight is 306 g/mol. The zero-order valence-electron chi connectivity index (χ0n) is 11.7. The Balaban J connectivity index is 2.18. The van der Waals surface area contributed by atoms with Crippen LogP contribution in [-0.4, -0.2) is 16.6 Å². The summed E-state index contributed by atoms with van der Waals surface area (Å²) in [5, 5.41) is 0. The SMILES string of the molecule is CCOc1ccc(-c2ccnc3cc[nH]c23)cc1C(F)(F)F. The molecule has 3 nitrogen and oxygen atoms in total. The molecule has 1 aromatic carbocycles. The van der Waals surface area contributed by atoms with Gasteiger partial charge in [-0.3, -0.25) is 4.98 Å². The molecule has 0 aliphatic rings. The minimum absolute atomic E-state index is 0.157. The number of hydrogen-bond donors (Lipinski definition) is 1. The van der Waals surface area contributed by atoms with Crippen LogP contribution >= 0.6 is 0 Å². The molecule has 0 aliphatic heterocycles. The number of nitrogens with zero attached hydrogens (tertiary/aromatic N) is 1. The molecular formula is C16H13F3N2O. The van der Waals surface area contributed by atoms with Gasteiger partial charge in [0.2, 0.25) is 0 Å². The van der Waals surface area contributed by atoms with Gasteiger partial charge in [0.15, 0.2) is 0 Å². The normalized spacial score (nSPS) is 11.8. The van der Waals surface area contributed by atoms with Gasteiger partial charge in [-0.2, -0.15) is 13.2 Å². The predicted molar refractivity (Wildman–Crippen MR) is 77.7 cm³/mol. The van der Waals surface area contributed by atoms with Crippen LogP contribution < -0.4 is 4.74 Å². The van der Waals surface area contributed by atoms with Gasteiger partial charge in [-0.1, -0.05) is 6.07 Å². The van der Waals surface area contributed by atoms with Gasteiger partial charge in [-0.15, -0.1) is 0 Å². The monoisotopic (exact) mass is 306 g/mol. The second-order valence-electron chi connectivity index (χ2n) is 4.74. The summed E-state index contributed by atoms with van der Waals surface area (Å²) >= 11 is 0. The molecule has 0 amide bonds. The van der Waals surface area contributed by atoms with E-state index in [1.807, 2.05) is 0 Å². The summed E-state index contributed by atoms with van der Waals surface area (Å²) in [5.41, 5.74) is 1.78. The summed E-state index contributed by atoms with van der Waals surface area (Å²) in [4.78, 5) is 7.18. The Bertz CT molecular complexity index is 809. The fourth-order valence-corrected chi connectivity index (χ4v) is 2.40. The lowest BCUT2D eigenvalue weighted by molar-refractivity contribution is -0.138. The van der Waals surface area contributed by atoms with Crippen molar-refractivity contribution in [3.63, 3.8) is 0 Å². The van der Waals surface area contributed by atoms with Gasteiger partial charge in [0.1, 0.15) is 5.75 Å². The second-order valence-corrected chi connectivity index (χ2v) is 4.74. The molecule has 2 heterocycles. The van der Waals surface area contributed by atoms with Crippen LogP contribution in [0.15, 0.2) is 42.7 Å². The van der Waals surface area contributed by atoms with Crippen LogP contribution in [0, 0.1) is 0 Å². The number of aromatic nitrogens is 2. The minimum atomic E-state index is -4.47. The first-order chi connectivity index (χ1) is 10.5. The van der Waals surface area contributed by atoms with E-state index in [9.17, 15) is 13.2 Å². The molecule has 0 bridgehead atoms. The van der Waals surface area contributed by atoms with Crippen LogP contribution in [0.2, 0.25) is 0 Å². The average Bonchev–Trinajstić information content (AvgIpc) is 2.95. The Morgan fingerprint density at radius 3 is 2.73 bits per heavy atom. The van der Waals surface area contributed by atoms with Gasteiger partial charge < -0.3 is 9.72 Å². The number of benzene rings is 1. The van der Waals surface area contributed by atoms with Crippen molar-refractivity contribution in [2.75, 3.05) is 6.61 Å². The van der Waals surface area contributed by atoms with E-state index < -0.39 is 11.7 Å². The predicted octanol–water partition coefficient (Wildman–Crippen LogP) is 4.65. The van der Waals surface area contributed by atoms with E-state index in [0.717, 1.165) is 6.07 Å². The molecule has 114 valence electrons. The maximum absolute atomic E-state index is 13.2. The van der Waals surface area contributed by atoms with Crippen LogP contribution in [0.1, 0.15) is 12.5 Å². The number of H-pyrrole nitrogens is 1. The highest BCUT2D eigenvalue weighted by atomic mass is 19.4. The van der Waals surface area contributed by atoms with Crippen molar-refractivity contribution in [2.24, 2.45) is 0 Å². The molecule has 22 heavy (non-hydrogen) atoms. The number of rotatable bonds is 3. The van der Waals surface area contributed by atoms with Crippen LogP contribution in [0.25, 0.3) is 22.2 Å². The van der Waals surface area contributed by atoms with Crippen molar-refractivity contribution < 1.29 is 17.9 Å².